The van der Waals surface area contributed by atoms with Gasteiger partial charge in [-0.15, -0.1) is 0 Å². The Morgan fingerprint density at radius 1 is 1.33 bits per heavy atom. The minimum absolute atomic E-state index is 0.0263. The molecule has 5 heteroatoms. The molecule has 0 bridgehead atoms. The van der Waals surface area contributed by atoms with Crippen molar-refractivity contribution in [1.29, 1.82) is 0 Å². The highest BCUT2D eigenvalue weighted by molar-refractivity contribution is 5.88. The summed E-state index contributed by atoms with van der Waals surface area (Å²) >= 11 is 0. The van der Waals surface area contributed by atoms with Gasteiger partial charge in [0, 0.05) is 18.7 Å². The molecule has 1 aromatic heterocycles. The van der Waals surface area contributed by atoms with Crippen molar-refractivity contribution in [1.82, 2.24) is 10.1 Å². The number of aromatic nitrogens is 1. The van der Waals surface area contributed by atoms with Crippen LogP contribution in [0.25, 0.3) is 0 Å². The SMILES string of the molecule is Cc1cc(NC(=O)N2CCCC2CC2CCCCC2)no1. The molecule has 0 spiro atoms. The van der Waals surface area contributed by atoms with Gasteiger partial charge in [0.15, 0.2) is 5.82 Å². The van der Waals surface area contributed by atoms with Crippen LogP contribution in [0.3, 0.4) is 0 Å². The van der Waals surface area contributed by atoms with Crippen LogP contribution in [-0.4, -0.2) is 28.7 Å². The summed E-state index contributed by atoms with van der Waals surface area (Å²) in [5.41, 5.74) is 0. The lowest BCUT2D eigenvalue weighted by atomic mass is 9.84. The molecular weight excluding hydrogens is 266 g/mol. The first-order chi connectivity index (χ1) is 10.2. The maximum absolute atomic E-state index is 12.4. The number of nitrogens with zero attached hydrogens (tertiary/aromatic N) is 2. The molecule has 1 atom stereocenters. The van der Waals surface area contributed by atoms with E-state index in [2.05, 4.69) is 10.5 Å². The summed E-state index contributed by atoms with van der Waals surface area (Å²) in [6.45, 7) is 2.68. The first kappa shape index (κ1) is 14.4. The third-order valence-electron chi connectivity index (χ3n) is 4.83. The Morgan fingerprint density at radius 2 is 2.14 bits per heavy atom. The monoisotopic (exact) mass is 291 g/mol. The molecule has 0 radical (unpaired) electrons. The number of hydrogen-bond acceptors (Lipinski definition) is 3. The van der Waals surface area contributed by atoms with Gasteiger partial charge in [0.05, 0.1) is 0 Å². The number of rotatable bonds is 3. The van der Waals surface area contributed by atoms with Crippen LogP contribution in [0, 0.1) is 12.8 Å². The second-order valence-corrected chi connectivity index (χ2v) is 6.48. The lowest BCUT2D eigenvalue weighted by Gasteiger charge is -2.30. The average Bonchev–Trinajstić information content (AvgIpc) is 3.09. The molecule has 116 valence electrons. The van der Waals surface area contributed by atoms with Crippen LogP contribution in [0.1, 0.15) is 57.1 Å². The van der Waals surface area contributed by atoms with Gasteiger partial charge in [-0.2, -0.15) is 0 Å². The second kappa shape index (κ2) is 6.50. The van der Waals surface area contributed by atoms with Crippen molar-refractivity contribution < 1.29 is 9.32 Å². The van der Waals surface area contributed by atoms with Crippen LogP contribution >= 0.6 is 0 Å². The molecular formula is C16H25N3O2. The summed E-state index contributed by atoms with van der Waals surface area (Å²) in [5, 5.41) is 6.69. The van der Waals surface area contributed by atoms with Gasteiger partial charge in [0.2, 0.25) is 0 Å². The van der Waals surface area contributed by atoms with E-state index in [1.54, 1.807) is 6.07 Å². The van der Waals surface area contributed by atoms with E-state index in [0.29, 0.717) is 17.6 Å². The summed E-state index contributed by atoms with van der Waals surface area (Å²) in [6, 6.07) is 2.13. The maximum Gasteiger partial charge on any atom is 0.323 e. The lowest BCUT2D eigenvalue weighted by molar-refractivity contribution is 0.189. The first-order valence-corrected chi connectivity index (χ1v) is 8.23. The van der Waals surface area contributed by atoms with Crippen molar-refractivity contribution in [3.8, 4) is 0 Å². The number of urea groups is 1. The van der Waals surface area contributed by atoms with E-state index >= 15 is 0 Å². The van der Waals surface area contributed by atoms with Gasteiger partial charge < -0.3 is 9.42 Å². The number of likely N-dealkylation sites (tertiary alicyclic amines) is 1. The molecule has 1 aliphatic carbocycles. The molecule has 2 fully saturated rings. The molecule has 2 heterocycles. The van der Waals surface area contributed by atoms with Gasteiger partial charge in [0.25, 0.3) is 0 Å². The van der Waals surface area contributed by atoms with Crippen LogP contribution in [0.2, 0.25) is 0 Å². The first-order valence-electron chi connectivity index (χ1n) is 8.23. The van der Waals surface area contributed by atoms with Gasteiger partial charge in [-0.05, 0) is 32.1 Å². The van der Waals surface area contributed by atoms with Crippen LogP contribution in [-0.2, 0) is 0 Å². The zero-order chi connectivity index (χ0) is 14.7. The third kappa shape index (κ3) is 3.57. The summed E-state index contributed by atoms with van der Waals surface area (Å²) in [6.07, 6.45) is 10.2. The second-order valence-electron chi connectivity index (χ2n) is 6.48. The molecule has 3 rings (SSSR count). The van der Waals surface area contributed by atoms with Crippen molar-refractivity contribution >= 4 is 11.8 Å². The van der Waals surface area contributed by atoms with E-state index in [4.69, 9.17) is 4.52 Å². The molecule has 2 amide bonds. The van der Waals surface area contributed by atoms with Crippen molar-refractivity contribution in [2.24, 2.45) is 5.92 Å². The summed E-state index contributed by atoms with van der Waals surface area (Å²) < 4.78 is 4.99. The summed E-state index contributed by atoms with van der Waals surface area (Å²) in [5.74, 6) is 2.04. The lowest BCUT2D eigenvalue weighted by Crippen LogP contribution is -2.39. The molecule has 2 aliphatic rings. The van der Waals surface area contributed by atoms with Gasteiger partial charge in [0.1, 0.15) is 5.76 Å². The Kier molecular flexibility index (Phi) is 4.46. The highest BCUT2D eigenvalue weighted by atomic mass is 16.5. The van der Waals surface area contributed by atoms with Gasteiger partial charge >= 0.3 is 6.03 Å². The molecule has 1 unspecified atom stereocenters. The molecule has 5 nitrogen and oxygen atoms in total. The van der Waals surface area contributed by atoms with E-state index in [1.165, 1.54) is 38.5 Å². The van der Waals surface area contributed by atoms with E-state index in [-0.39, 0.29) is 6.03 Å². The molecule has 0 aromatic carbocycles. The Bertz CT molecular complexity index is 480. The number of carbonyl (C=O) groups excluding carboxylic acids is 1. The van der Waals surface area contributed by atoms with Gasteiger partial charge in [-0.25, -0.2) is 4.79 Å². The quantitative estimate of drug-likeness (QED) is 0.917. The highest BCUT2D eigenvalue weighted by Gasteiger charge is 2.31. The Labute approximate surface area is 126 Å². The van der Waals surface area contributed by atoms with E-state index in [9.17, 15) is 4.79 Å². The van der Waals surface area contributed by atoms with Crippen LogP contribution in [0.4, 0.5) is 10.6 Å². The van der Waals surface area contributed by atoms with Crippen LogP contribution in [0.15, 0.2) is 10.6 Å². The number of anilines is 1. The third-order valence-corrected chi connectivity index (χ3v) is 4.83. The number of aryl methyl sites for hydroxylation is 1. The van der Waals surface area contributed by atoms with Crippen LogP contribution < -0.4 is 5.32 Å². The van der Waals surface area contributed by atoms with E-state index in [1.807, 2.05) is 11.8 Å². The van der Waals surface area contributed by atoms with E-state index < -0.39 is 0 Å². The predicted octanol–water partition coefficient (Wildman–Crippen LogP) is 3.95. The summed E-state index contributed by atoms with van der Waals surface area (Å²) in [7, 11) is 0. The van der Waals surface area contributed by atoms with Gasteiger partial charge in [-0.3, -0.25) is 5.32 Å². The number of carbonyl (C=O) groups is 1. The predicted molar refractivity (Wildman–Crippen MR) is 81.2 cm³/mol. The van der Waals surface area contributed by atoms with Gasteiger partial charge in [-0.1, -0.05) is 37.3 Å². The fourth-order valence-corrected chi connectivity index (χ4v) is 3.76. The minimum Gasteiger partial charge on any atom is -0.360 e. The topological polar surface area (TPSA) is 58.4 Å². The molecule has 1 saturated carbocycles. The molecule has 1 saturated heterocycles. The molecule has 1 aromatic rings. The Morgan fingerprint density at radius 3 is 2.86 bits per heavy atom. The zero-order valence-electron chi connectivity index (χ0n) is 12.8. The highest BCUT2D eigenvalue weighted by Crippen LogP contribution is 2.32. The zero-order valence-corrected chi connectivity index (χ0v) is 12.8. The molecule has 1 aliphatic heterocycles. The Balaban J connectivity index is 1.56. The van der Waals surface area contributed by atoms with E-state index in [0.717, 1.165) is 25.3 Å². The maximum atomic E-state index is 12.4. The van der Waals surface area contributed by atoms with Crippen molar-refractivity contribution in [3.05, 3.63) is 11.8 Å². The minimum atomic E-state index is -0.0263. The number of hydrogen-bond donors (Lipinski definition) is 1. The normalized spacial score (nSPS) is 23.5. The van der Waals surface area contributed by atoms with Crippen molar-refractivity contribution in [2.75, 3.05) is 11.9 Å². The standard InChI is InChI=1S/C16H25N3O2/c1-12-10-15(18-21-12)17-16(20)19-9-5-8-14(19)11-13-6-3-2-4-7-13/h10,13-14H,2-9,11H2,1H3,(H,17,18,20). The van der Waals surface area contributed by atoms with Crippen molar-refractivity contribution in [3.63, 3.8) is 0 Å². The number of nitrogens with one attached hydrogen (secondary N) is 1. The smallest absolute Gasteiger partial charge is 0.323 e. The Hall–Kier alpha value is -1.52. The summed E-state index contributed by atoms with van der Waals surface area (Å²) in [4.78, 5) is 14.4. The average molecular weight is 291 g/mol. The fourth-order valence-electron chi connectivity index (χ4n) is 3.76. The fraction of sp³-hybridized carbons (Fsp3) is 0.750. The van der Waals surface area contributed by atoms with Crippen molar-refractivity contribution in [2.45, 2.75) is 64.3 Å². The molecule has 21 heavy (non-hydrogen) atoms. The molecule has 1 N–H and O–H groups in total. The largest absolute Gasteiger partial charge is 0.360 e. The van der Waals surface area contributed by atoms with Crippen LogP contribution in [0.5, 0.6) is 0 Å². The number of amides is 2.